The number of carbonyl (C=O) groups is 1. The number of carbonyl (C=O) groups excluding carboxylic acids is 1. The first-order valence-corrected chi connectivity index (χ1v) is 5.36. The van der Waals surface area contributed by atoms with Crippen molar-refractivity contribution in [3.8, 4) is 0 Å². The van der Waals surface area contributed by atoms with Crippen LogP contribution in [-0.2, 0) is 4.79 Å². The molecule has 0 radical (unpaired) electrons. The van der Waals surface area contributed by atoms with E-state index in [0.717, 1.165) is 19.3 Å². The van der Waals surface area contributed by atoms with E-state index in [1.54, 1.807) is 0 Å². The molecular weight excluding hydrogens is 195 g/mol. The SMILES string of the molecule is O=C(CCl)C1(Cl)CC2CCC1C2. The summed E-state index contributed by atoms with van der Waals surface area (Å²) in [5.74, 6) is 1.22. The minimum absolute atomic E-state index is 0.0398. The Hall–Kier alpha value is 0.250. The van der Waals surface area contributed by atoms with Crippen molar-refractivity contribution in [3.63, 3.8) is 0 Å². The second-order valence-electron chi connectivity index (χ2n) is 4.00. The number of fused-ring (bicyclic) bond motifs is 2. The summed E-state index contributed by atoms with van der Waals surface area (Å²) in [4.78, 5) is 10.9. The Labute approximate surface area is 82.4 Å². The highest BCUT2D eigenvalue weighted by Gasteiger charge is 2.53. The lowest BCUT2D eigenvalue weighted by Gasteiger charge is -2.28. The van der Waals surface area contributed by atoms with Crippen molar-refractivity contribution >= 4 is 29.0 Å². The summed E-state index contributed by atoms with van der Waals surface area (Å²) in [6, 6.07) is 0. The molecule has 2 aliphatic rings. The number of Topliss-reactive ketones (excluding diaryl/α,β-unsaturated/α-hetero) is 1. The molecule has 3 atom stereocenters. The third kappa shape index (κ3) is 1.10. The van der Waals surface area contributed by atoms with E-state index < -0.39 is 4.87 Å². The molecule has 0 heterocycles. The zero-order chi connectivity index (χ0) is 8.77. The maximum atomic E-state index is 11.5. The predicted molar refractivity (Wildman–Crippen MR) is 49.8 cm³/mol. The van der Waals surface area contributed by atoms with Gasteiger partial charge in [-0.25, -0.2) is 0 Å². The van der Waals surface area contributed by atoms with E-state index in [9.17, 15) is 4.79 Å². The Kier molecular flexibility index (Phi) is 2.12. The molecular formula is C9H12Cl2O. The van der Waals surface area contributed by atoms with E-state index in [1.807, 2.05) is 0 Å². The van der Waals surface area contributed by atoms with Gasteiger partial charge in [-0.1, -0.05) is 6.42 Å². The van der Waals surface area contributed by atoms with Crippen LogP contribution >= 0.6 is 23.2 Å². The lowest BCUT2D eigenvalue weighted by atomic mass is 9.85. The lowest BCUT2D eigenvalue weighted by Crippen LogP contribution is -2.38. The molecule has 0 aliphatic heterocycles. The van der Waals surface area contributed by atoms with Gasteiger partial charge in [0, 0.05) is 0 Å². The molecule has 0 aromatic heterocycles. The minimum Gasteiger partial charge on any atom is -0.296 e. The summed E-state index contributed by atoms with van der Waals surface area (Å²) < 4.78 is 0. The molecule has 3 unspecified atom stereocenters. The molecule has 2 bridgehead atoms. The topological polar surface area (TPSA) is 17.1 Å². The van der Waals surface area contributed by atoms with Crippen LogP contribution in [0.5, 0.6) is 0 Å². The van der Waals surface area contributed by atoms with E-state index in [0.29, 0.717) is 11.8 Å². The van der Waals surface area contributed by atoms with E-state index in [4.69, 9.17) is 23.2 Å². The van der Waals surface area contributed by atoms with Crippen LogP contribution < -0.4 is 0 Å². The third-order valence-electron chi connectivity index (χ3n) is 3.36. The van der Waals surface area contributed by atoms with Gasteiger partial charge in [0.15, 0.2) is 5.78 Å². The number of ketones is 1. The molecule has 0 N–H and O–H groups in total. The van der Waals surface area contributed by atoms with Gasteiger partial charge in [-0.15, -0.1) is 23.2 Å². The van der Waals surface area contributed by atoms with Crippen LogP contribution in [0.1, 0.15) is 25.7 Å². The van der Waals surface area contributed by atoms with Crippen LogP contribution in [0.3, 0.4) is 0 Å². The van der Waals surface area contributed by atoms with Crippen molar-refractivity contribution in [2.45, 2.75) is 30.6 Å². The Morgan fingerprint density at radius 1 is 1.50 bits per heavy atom. The highest BCUT2D eigenvalue weighted by molar-refractivity contribution is 6.41. The summed E-state index contributed by atoms with van der Waals surface area (Å²) in [5, 5.41) is 0. The monoisotopic (exact) mass is 206 g/mol. The summed E-state index contributed by atoms with van der Waals surface area (Å²) in [5.41, 5.74) is 0. The molecule has 2 rings (SSSR count). The van der Waals surface area contributed by atoms with Gasteiger partial charge < -0.3 is 0 Å². The molecule has 12 heavy (non-hydrogen) atoms. The van der Waals surface area contributed by atoms with Crippen LogP contribution in [0.25, 0.3) is 0 Å². The zero-order valence-electron chi connectivity index (χ0n) is 6.85. The lowest BCUT2D eigenvalue weighted by molar-refractivity contribution is -0.120. The van der Waals surface area contributed by atoms with E-state index in [1.165, 1.54) is 6.42 Å². The van der Waals surface area contributed by atoms with Gasteiger partial charge in [-0.3, -0.25) is 4.79 Å². The molecule has 2 fully saturated rings. The standard InChI is InChI=1S/C9H12Cl2O/c10-5-8(12)9(11)4-6-1-2-7(9)3-6/h6-7H,1-5H2. The molecule has 2 saturated carbocycles. The Morgan fingerprint density at radius 2 is 2.25 bits per heavy atom. The average molecular weight is 207 g/mol. The first kappa shape index (κ1) is 8.83. The number of rotatable bonds is 2. The summed E-state index contributed by atoms with van der Waals surface area (Å²) in [7, 11) is 0. The summed E-state index contributed by atoms with van der Waals surface area (Å²) >= 11 is 11.8. The van der Waals surface area contributed by atoms with Crippen molar-refractivity contribution in [1.82, 2.24) is 0 Å². The molecule has 0 aromatic carbocycles. The highest BCUT2D eigenvalue weighted by atomic mass is 35.5. The van der Waals surface area contributed by atoms with Crippen molar-refractivity contribution in [3.05, 3.63) is 0 Å². The maximum Gasteiger partial charge on any atom is 0.168 e. The van der Waals surface area contributed by atoms with Gasteiger partial charge in [-0.05, 0) is 31.1 Å². The van der Waals surface area contributed by atoms with Crippen LogP contribution in [0.15, 0.2) is 0 Å². The van der Waals surface area contributed by atoms with Crippen molar-refractivity contribution < 1.29 is 4.79 Å². The third-order valence-corrected chi connectivity index (χ3v) is 4.28. The number of alkyl halides is 2. The van der Waals surface area contributed by atoms with Crippen LogP contribution in [0.2, 0.25) is 0 Å². The first-order chi connectivity index (χ1) is 5.66. The number of hydrogen-bond donors (Lipinski definition) is 0. The maximum absolute atomic E-state index is 11.5. The number of halogens is 2. The molecule has 1 nitrogen and oxygen atoms in total. The van der Waals surface area contributed by atoms with E-state index in [2.05, 4.69) is 0 Å². The van der Waals surface area contributed by atoms with Gasteiger partial charge in [0.25, 0.3) is 0 Å². The van der Waals surface area contributed by atoms with Gasteiger partial charge in [0.1, 0.15) is 4.87 Å². The Morgan fingerprint density at radius 3 is 2.67 bits per heavy atom. The van der Waals surface area contributed by atoms with E-state index in [-0.39, 0.29) is 11.7 Å². The number of hydrogen-bond acceptors (Lipinski definition) is 1. The summed E-state index contributed by atoms with van der Waals surface area (Å²) in [6.45, 7) is 0. The smallest absolute Gasteiger partial charge is 0.168 e. The van der Waals surface area contributed by atoms with Gasteiger partial charge in [0.05, 0.1) is 5.88 Å². The second kappa shape index (κ2) is 2.88. The second-order valence-corrected chi connectivity index (χ2v) is 4.94. The Bertz CT molecular complexity index is 217. The van der Waals surface area contributed by atoms with Crippen LogP contribution in [0.4, 0.5) is 0 Å². The molecule has 0 saturated heterocycles. The van der Waals surface area contributed by atoms with Gasteiger partial charge >= 0.3 is 0 Å². The average Bonchev–Trinajstić information content (AvgIpc) is 2.62. The van der Waals surface area contributed by atoms with Crippen LogP contribution in [0, 0.1) is 11.8 Å². The highest BCUT2D eigenvalue weighted by Crippen LogP contribution is 2.54. The normalized spacial score (nSPS) is 45.2. The summed E-state index contributed by atoms with van der Waals surface area (Å²) in [6.07, 6.45) is 4.39. The molecule has 0 spiro atoms. The fraction of sp³-hybridized carbons (Fsp3) is 0.889. The van der Waals surface area contributed by atoms with E-state index >= 15 is 0 Å². The quantitative estimate of drug-likeness (QED) is 0.636. The minimum atomic E-state index is -0.579. The molecule has 3 heteroatoms. The fourth-order valence-electron chi connectivity index (χ4n) is 2.72. The van der Waals surface area contributed by atoms with Gasteiger partial charge in [-0.2, -0.15) is 0 Å². The molecule has 2 aliphatic carbocycles. The fourth-order valence-corrected chi connectivity index (χ4v) is 3.51. The first-order valence-electron chi connectivity index (χ1n) is 4.45. The Balaban J connectivity index is 2.17. The van der Waals surface area contributed by atoms with Crippen molar-refractivity contribution in [2.75, 3.05) is 5.88 Å². The predicted octanol–water partition coefficient (Wildman–Crippen LogP) is 2.59. The van der Waals surface area contributed by atoms with Gasteiger partial charge in [0.2, 0.25) is 0 Å². The molecule has 0 amide bonds. The molecule has 68 valence electrons. The largest absolute Gasteiger partial charge is 0.296 e. The van der Waals surface area contributed by atoms with Crippen LogP contribution in [-0.4, -0.2) is 16.5 Å². The zero-order valence-corrected chi connectivity index (χ0v) is 8.37. The van der Waals surface area contributed by atoms with Crippen molar-refractivity contribution in [1.29, 1.82) is 0 Å². The molecule has 0 aromatic rings. The van der Waals surface area contributed by atoms with Crippen molar-refractivity contribution in [2.24, 2.45) is 11.8 Å².